The highest BCUT2D eigenvalue weighted by molar-refractivity contribution is 5.34. The highest BCUT2D eigenvalue weighted by atomic mass is 16.5. The van der Waals surface area contributed by atoms with Gasteiger partial charge in [0.15, 0.2) is 0 Å². The summed E-state index contributed by atoms with van der Waals surface area (Å²) >= 11 is 0. The lowest BCUT2D eigenvalue weighted by Crippen LogP contribution is -2.69. The van der Waals surface area contributed by atoms with Crippen LogP contribution in [0.25, 0.3) is 0 Å². The lowest BCUT2D eigenvalue weighted by Gasteiger charge is -2.56. The van der Waals surface area contributed by atoms with Gasteiger partial charge in [-0.1, -0.05) is 18.2 Å². The second kappa shape index (κ2) is 6.16. The number of benzene rings is 1. The molecular weight excluding hydrogens is 288 g/mol. The molecular formula is C18H22N4O. The van der Waals surface area contributed by atoms with Gasteiger partial charge < -0.3 is 9.64 Å². The Morgan fingerprint density at radius 2 is 1.91 bits per heavy atom. The number of fused-ring (bicyclic) bond motifs is 2. The number of hydrogen-bond acceptors (Lipinski definition) is 5. The number of para-hydroxylation sites is 1. The fourth-order valence-corrected chi connectivity index (χ4v) is 3.59. The molecule has 4 heterocycles. The Hall–Kier alpha value is -2.14. The molecule has 0 aliphatic carbocycles. The van der Waals surface area contributed by atoms with Gasteiger partial charge in [-0.05, 0) is 31.5 Å². The number of anilines is 1. The van der Waals surface area contributed by atoms with Crippen molar-refractivity contribution in [2.24, 2.45) is 0 Å². The Morgan fingerprint density at radius 1 is 1.13 bits per heavy atom. The van der Waals surface area contributed by atoms with Gasteiger partial charge in [0.05, 0.1) is 0 Å². The maximum absolute atomic E-state index is 5.82. The summed E-state index contributed by atoms with van der Waals surface area (Å²) in [5.41, 5.74) is 1.03. The Bertz CT molecular complexity index is 651. The van der Waals surface area contributed by atoms with Crippen LogP contribution in [-0.4, -0.2) is 53.2 Å². The molecule has 0 radical (unpaired) electrons. The molecule has 0 N–H and O–H groups in total. The van der Waals surface area contributed by atoms with Gasteiger partial charge in [-0.15, -0.1) is 0 Å². The molecule has 0 saturated carbocycles. The van der Waals surface area contributed by atoms with Crippen molar-refractivity contribution in [3.05, 3.63) is 48.3 Å². The molecule has 1 aromatic carbocycles. The van der Waals surface area contributed by atoms with Crippen molar-refractivity contribution >= 4 is 5.95 Å². The monoisotopic (exact) mass is 310 g/mol. The molecule has 2 bridgehead atoms. The molecule has 2 unspecified atom stereocenters. The van der Waals surface area contributed by atoms with Crippen LogP contribution in [0.2, 0.25) is 0 Å². The fourth-order valence-electron chi connectivity index (χ4n) is 3.59. The van der Waals surface area contributed by atoms with Crippen molar-refractivity contribution in [3.63, 3.8) is 0 Å². The van der Waals surface area contributed by atoms with E-state index in [9.17, 15) is 0 Å². The number of rotatable bonds is 5. The van der Waals surface area contributed by atoms with Crippen molar-refractivity contribution in [3.8, 4) is 5.75 Å². The van der Waals surface area contributed by atoms with Crippen LogP contribution >= 0.6 is 0 Å². The number of piperazine rings is 1. The first-order valence-corrected chi connectivity index (χ1v) is 8.28. The summed E-state index contributed by atoms with van der Waals surface area (Å²) in [6.07, 6.45) is 3.14. The second-order valence-electron chi connectivity index (χ2n) is 6.35. The summed E-state index contributed by atoms with van der Waals surface area (Å²) in [5, 5.41) is 0. The number of piperidine rings is 1. The zero-order chi connectivity index (χ0) is 15.6. The van der Waals surface area contributed by atoms with Crippen molar-refractivity contribution in [2.45, 2.75) is 25.4 Å². The zero-order valence-corrected chi connectivity index (χ0v) is 13.4. The smallest absolute Gasteiger partial charge is 0.225 e. The van der Waals surface area contributed by atoms with Crippen LogP contribution in [0, 0.1) is 6.92 Å². The Labute approximate surface area is 136 Å². The minimum absolute atomic E-state index is 0.609. The third-order valence-electron chi connectivity index (χ3n) is 4.77. The fraction of sp³-hybridized carbons (Fsp3) is 0.444. The second-order valence-corrected chi connectivity index (χ2v) is 6.35. The first kappa shape index (κ1) is 14.5. The quantitative estimate of drug-likeness (QED) is 0.846. The first-order chi connectivity index (χ1) is 11.3. The summed E-state index contributed by atoms with van der Waals surface area (Å²) in [5.74, 6) is 1.83. The molecule has 5 nitrogen and oxygen atoms in total. The van der Waals surface area contributed by atoms with Crippen LogP contribution < -0.4 is 9.64 Å². The van der Waals surface area contributed by atoms with Gasteiger partial charge in [0.25, 0.3) is 0 Å². The van der Waals surface area contributed by atoms with Gasteiger partial charge in [0, 0.05) is 43.6 Å². The minimum atomic E-state index is 0.609. The van der Waals surface area contributed by atoms with Gasteiger partial charge in [-0.25, -0.2) is 9.97 Å². The minimum Gasteiger partial charge on any atom is -0.492 e. The summed E-state index contributed by atoms with van der Waals surface area (Å²) in [6, 6.07) is 13.2. The molecule has 1 aromatic heterocycles. The number of hydrogen-bond donors (Lipinski definition) is 0. The number of ether oxygens (including phenoxy) is 1. The van der Waals surface area contributed by atoms with Crippen LogP contribution in [0.3, 0.4) is 0 Å². The molecule has 0 spiro atoms. The highest BCUT2D eigenvalue weighted by Crippen LogP contribution is 2.33. The molecule has 2 atom stereocenters. The van der Waals surface area contributed by atoms with Gasteiger partial charge in [0.1, 0.15) is 12.4 Å². The van der Waals surface area contributed by atoms with Crippen molar-refractivity contribution in [1.82, 2.24) is 14.9 Å². The topological polar surface area (TPSA) is 41.5 Å². The van der Waals surface area contributed by atoms with Crippen LogP contribution in [0.15, 0.2) is 42.6 Å². The predicted octanol–water partition coefficient (Wildman–Crippen LogP) is 2.13. The standard InChI is InChI=1S/C18H22N4O/c1-14-7-8-19-18(20-14)21-12-15-11-16(13-21)22(15)9-10-23-17-5-3-2-4-6-17/h2-8,15-16H,9-13H2,1H3. The Balaban J connectivity index is 1.30. The zero-order valence-electron chi connectivity index (χ0n) is 13.4. The first-order valence-electron chi connectivity index (χ1n) is 8.28. The molecule has 3 aliphatic rings. The van der Waals surface area contributed by atoms with E-state index in [-0.39, 0.29) is 0 Å². The van der Waals surface area contributed by atoms with E-state index in [1.54, 1.807) is 0 Å². The summed E-state index contributed by atoms with van der Waals surface area (Å²) in [6.45, 7) is 5.80. The molecule has 23 heavy (non-hydrogen) atoms. The van der Waals surface area contributed by atoms with Crippen molar-refractivity contribution in [1.29, 1.82) is 0 Å². The van der Waals surface area contributed by atoms with E-state index in [2.05, 4.69) is 19.8 Å². The van der Waals surface area contributed by atoms with Crippen LogP contribution in [0.1, 0.15) is 12.1 Å². The molecule has 5 rings (SSSR count). The predicted molar refractivity (Wildman–Crippen MR) is 89.8 cm³/mol. The lowest BCUT2D eigenvalue weighted by molar-refractivity contribution is -0.0101. The summed E-state index contributed by atoms with van der Waals surface area (Å²) in [7, 11) is 0. The lowest BCUT2D eigenvalue weighted by atomic mass is 9.87. The molecule has 5 heteroatoms. The maximum Gasteiger partial charge on any atom is 0.225 e. The third kappa shape index (κ3) is 3.01. The molecule has 3 aliphatic heterocycles. The van der Waals surface area contributed by atoms with Gasteiger partial charge in [-0.2, -0.15) is 0 Å². The average molecular weight is 310 g/mol. The van der Waals surface area contributed by atoms with Gasteiger partial charge in [-0.3, -0.25) is 4.90 Å². The van der Waals surface area contributed by atoms with E-state index < -0.39 is 0 Å². The molecule has 120 valence electrons. The van der Waals surface area contributed by atoms with E-state index in [1.807, 2.05) is 49.5 Å². The molecule has 0 amide bonds. The molecule has 2 aromatic rings. The van der Waals surface area contributed by atoms with E-state index in [4.69, 9.17) is 4.74 Å². The SMILES string of the molecule is Cc1ccnc(N2CC3CC(C2)N3CCOc2ccccc2)n1. The number of aromatic nitrogens is 2. The third-order valence-corrected chi connectivity index (χ3v) is 4.77. The van der Waals surface area contributed by atoms with Crippen LogP contribution in [0.4, 0.5) is 5.95 Å². The van der Waals surface area contributed by atoms with E-state index in [0.29, 0.717) is 12.1 Å². The van der Waals surface area contributed by atoms with Crippen LogP contribution in [-0.2, 0) is 0 Å². The maximum atomic E-state index is 5.82. The van der Waals surface area contributed by atoms with Crippen molar-refractivity contribution < 1.29 is 4.74 Å². The number of nitrogens with zero attached hydrogens (tertiary/aromatic N) is 4. The number of aryl methyl sites for hydroxylation is 1. The van der Waals surface area contributed by atoms with Gasteiger partial charge in [0.2, 0.25) is 5.95 Å². The van der Waals surface area contributed by atoms with Crippen LogP contribution in [0.5, 0.6) is 5.75 Å². The normalized spacial score (nSPS) is 23.4. The Morgan fingerprint density at radius 3 is 2.65 bits per heavy atom. The van der Waals surface area contributed by atoms with E-state index >= 15 is 0 Å². The van der Waals surface area contributed by atoms with E-state index in [1.165, 1.54) is 6.42 Å². The molecule has 3 fully saturated rings. The summed E-state index contributed by atoms with van der Waals surface area (Å²) < 4.78 is 5.82. The van der Waals surface area contributed by atoms with E-state index in [0.717, 1.165) is 43.6 Å². The van der Waals surface area contributed by atoms with Gasteiger partial charge >= 0.3 is 0 Å². The molecule has 3 saturated heterocycles. The van der Waals surface area contributed by atoms with Crippen molar-refractivity contribution in [2.75, 3.05) is 31.1 Å². The average Bonchev–Trinajstić information content (AvgIpc) is 2.59. The summed E-state index contributed by atoms with van der Waals surface area (Å²) in [4.78, 5) is 13.9. The Kier molecular flexibility index (Phi) is 3.87. The largest absolute Gasteiger partial charge is 0.492 e. The highest BCUT2D eigenvalue weighted by Gasteiger charge is 2.44.